The zero-order chi connectivity index (χ0) is 14.8. The lowest BCUT2D eigenvalue weighted by molar-refractivity contribution is 0.579. The molecule has 0 atom stereocenters. The molecule has 0 fully saturated rings. The number of benzene rings is 1. The molecule has 1 heterocycles. The molecule has 2 aromatic rings. The van der Waals surface area contributed by atoms with Crippen molar-refractivity contribution in [3.05, 3.63) is 47.0 Å². The molecule has 108 valence electrons. The van der Waals surface area contributed by atoms with Crippen LogP contribution in [0.4, 0.5) is 0 Å². The summed E-state index contributed by atoms with van der Waals surface area (Å²) in [5, 5.41) is 0. The Morgan fingerprint density at radius 3 is 2.40 bits per heavy atom. The van der Waals surface area contributed by atoms with Gasteiger partial charge in [-0.1, -0.05) is 17.7 Å². The van der Waals surface area contributed by atoms with Crippen LogP contribution in [0.15, 0.2) is 29.4 Å². The van der Waals surface area contributed by atoms with Crippen molar-refractivity contribution in [1.29, 1.82) is 0 Å². The number of hydrogen-bond donors (Lipinski definition) is 2. The van der Waals surface area contributed by atoms with Gasteiger partial charge in [0.15, 0.2) is 0 Å². The van der Waals surface area contributed by atoms with Gasteiger partial charge in [0.25, 0.3) is 0 Å². The van der Waals surface area contributed by atoms with Crippen molar-refractivity contribution in [3.8, 4) is 0 Å². The highest BCUT2D eigenvalue weighted by Crippen LogP contribution is 2.21. The fraction of sp³-hybridized carbons (Fsp3) is 0.357. The molecule has 0 aliphatic rings. The normalized spacial score (nSPS) is 11.8. The second-order valence-electron chi connectivity index (χ2n) is 4.91. The summed E-state index contributed by atoms with van der Waals surface area (Å²) >= 11 is 0. The number of rotatable bonds is 5. The lowest BCUT2D eigenvalue weighted by atomic mass is 10.1. The predicted molar refractivity (Wildman–Crippen MR) is 78.1 cm³/mol. The van der Waals surface area contributed by atoms with Crippen LogP contribution < -0.4 is 4.72 Å². The molecule has 0 aliphatic heterocycles. The van der Waals surface area contributed by atoms with E-state index in [1.165, 1.54) is 0 Å². The average Bonchev–Trinajstić information content (AvgIpc) is 2.79. The maximum atomic E-state index is 12.4. The molecule has 2 N–H and O–H groups in total. The van der Waals surface area contributed by atoms with Gasteiger partial charge in [-0.25, -0.2) is 18.1 Å². The summed E-state index contributed by atoms with van der Waals surface area (Å²) in [5.74, 6) is 0.769. The summed E-state index contributed by atoms with van der Waals surface area (Å²) < 4.78 is 27.4. The van der Waals surface area contributed by atoms with Gasteiger partial charge in [0.2, 0.25) is 10.0 Å². The van der Waals surface area contributed by atoms with E-state index in [-0.39, 0.29) is 0 Å². The molecule has 1 aromatic heterocycles. The summed E-state index contributed by atoms with van der Waals surface area (Å²) in [5.41, 5.74) is 2.61. The lowest BCUT2D eigenvalue weighted by Crippen LogP contribution is -2.27. The van der Waals surface area contributed by atoms with Crippen molar-refractivity contribution in [3.63, 3.8) is 0 Å². The van der Waals surface area contributed by atoms with Gasteiger partial charge in [0, 0.05) is 25.4 Å². The van der Waals surface area contributed by atoms with E-state index in [1.54, 1.807) is 12.4 Å². The van der Waals surface area contributed by atoms with Crippen LogP contribution in [0.5, 0.6) is 0 Å². The number of nitrogens with one attached hydrogen (secondary N) is 2. The second kappa shape index (κ2) is 5.76. The van der Waals surface area contributed by atoms with Gasteiger partial charge in [-0.15, -0.1) is 0 Å². The maximum Gasteiger partial charge on any atom is 0.241 e. The van der Waals surface area contributed by atoms with Gasteiger partial charge < -0.3 is 4.98 Å². The van der Waals surface area contributed by atoms with Crippen molar-refractivity contribution in [2.24, 2.45) is 0 Å². The number of sulfonamides is 1. The number of imidazole rings is 1. The zero-order valence-electron chi connectivity index (χ0n) is 11.9. The van der Waals surface area contributed by atoms with Crippen LogP contribution in [0.25, 0.3) is 0 Å². The molecule has 20 heavy (non-hydrogen) atoms. The Hall–Kier alpha value is -1.66. The first-order valence-electron chi connectivity index (χ1n) is 6.46. The van der Waals surface area contributed by atoms with Crippen LogP contribution in [0, 0.1) is 20.8 Å². The number of hydrogen-bond acceptors (Lipinski definition) is 3. The minimum atomic E-state index is -3.48. The number of H-pyrrole nitrogens is 1. The Morgan fingerprint density at radius 2 is 1.85 bits per heavy atom. The third kappa shape index (κ3) is 3.26. The van der Waals surface area contributed by atoms with Crippen molar-refractivity contribution in [2.45, 2.75) is 32.1 Å². The number of nitrogens with zero attached hydrogens (tertiary/aromatic N) is 1. The molecule has 5 nitrogen and oxygen atoms in total. The highest BCUT2D eigenvalue weighted by atomic mass is 32.2. The molecule has 0 amide bonds. The summed E-state index contributed by atoms with van der Waals surface area (Å²) in [6.07, 6.45) is 3.91. The molecule has 0 saturated carbocycles. The monoisotopic (exact) mass is 293 g/mol. The van der Waals surface area contributed by atoms with Crippen molar-refractivity contribution in [2.75, 3.05) is 6.54 Å². The first-order valence-corrected chi connectivity index (χ1v) is 7.94. The summed E-state index contributed by atoms with van der Waals surface area (Å²) in [6, 6.07) is 3.77. The van der Waals surface area contributed by atoms with Gasteiger partial charge in [0.05, 0.1) is 4.90 Å². The molecule has 0 saturated heterocycles. The van der Waals surface area contributed by atoms with Gasteiger partial charge in [-0.2, -0.15) is 0 Å². The Morgan fingerprint density at radius 1 is 1.20 bits per heavy atom. The van der Waals surface area contributed by atoms with Gasteiger partial charge >= 0.3 is 0 Å². The lowest BCUT2D eigenvalue weighted by Gasteiger charge is -2.12. The quantitative estimate of drug-likeness (QED) is 0.883. The fourth-order valence-corrected chi connectivity index (χ4v) is 3.88. The van der Waals surface area contributed by atoms with E-state index in [0.717, 1.165) is 22.5 Å². The van der Waals surface area contributed by atoms with Gasteiger partial charge in [0.1, 0.15) is 5.82 Å². The number of aromatic nitrogens is 2. The Kier molecular flexibility index (Phi) is 4.25. The molecular weight excluding hydrogens is 274 g/mol. The molecule has 0 bridgehead atoms. The van der Waals surface area contributed by atoms with Gasteiger partial charge in [-0.05, 0) is 31.9 Å². The third-order valence-corrected chi connectivity index (χ3v) is 4.85. The second-order valence-corrected chi connectivity index (χ2v) is 6.62. The van der Waals surface area contributed by atoms with E-state index in [1.807, 2.05) is 32.9 Å². The standard InChI is InChI=1S/C14H19N3O2S/c1-10-8-11(2)14(12(3)9-10)20(18,19)17-5-4-13-15-6-7-16-13/h6-9,17H,4-5H2,1-3H3,(H,15,16). The van der Waals surface area contributed by atoms with E-state index in [4.69, 9.17) is 0 Å². The minimum Gasteiger partial charge on any atom is -0.349 e. The smallest absolute Gasteiger partial charge is 0.241 e. The van der Waals surface area contributed by atoms with Crippen molar-refractivity contribution >= 4 is 10.0 Å². The number of aromatic amines is 1. The minimum absolute atomic E-state index is 0.322. The molecule has 0 radical (unpaired) electrons. The average molecular weight is 293 g/mol. The Balaban J connectivity index is 2.14. The first kappa shape index (κ1) is 14.7. The van der Waals surface area contributed by atoms with E-state index in [9.17, 15) is 8.42 Å². The third-order valence-electron chi connectivity index (χ3n) is 3.08. The van der Waals surface area contributed by atoms with Crippen LogP contribution in [0.1, 0.15) is 22.5 Å². The van der Waals surface area contributed by atoms with E-state index >= 15 is 0 Å². The van der Waals surface area contributed by atoms with Crippen LogP contribution in [-0.4, -0.2) is 24.9 Å². The summed E-state index contributed by atoms with van der Waals surface area (Å²) in [7, 11) is -3.48. The Bertz CT molecular complexity index is 668. The first-order chi connectivity index (χ1) is 9.40. The fourth-order valence-electron chi connectivity index (χ4n) is 2.40. The molecule has 0 aliphatic carbocycles. The van der Waals surface area contributed by atoms with Crippen molar-refractivity contribution < 1.29 is 8.42 Å². The SMILES string of the molecule is Cc1cc(C)c(S(=O)(=O)NCCc2ncc[nH]2)c(C)c1. The topological polar surface area (TPSA) is 74.8 Å². The van der Waals surface area contributed by atoms with Gasteiger partial charge in [-0.3, -0.25) is 0 Å². The van der Waals surface area contributed by atoms with E-state index in [0.29, 0.717) is 17.9 Å². The Labute approximate surface area is 119 Å². The maximum absolute atomic E-state index is 12.4. The van der Waals surface area contributed by atoms with Crippen LogP contribution >= 0.6 is 0 Å². The van der Waals surface area contributed by atoms with Crippen LogP contribution in [0.2, 0.25) is 0 Å². The van der Waals surface area contributed by atoms with E-state index in [2.05, 4.69) is 14.7 Å². The van der Waals surface area contributed by atoms with E-state index < -0.39 is 10.0 Å². The van der Waals surface area contributed by atoms with Crippen molar-refractivity contribution in [1.82, 2.24) is 14.7 Å². The predicted octanol–water partition coefficient (Wildman–Crippen LogP) is 1.86. The molecule has 2 rings (SSSR count). The zero-order valence-corrected chi connectivity index (χ0v) is 12.7. The molecule has 0 spiro atoms. The molecule has 6 heteroatoms. The molecule has 1 aromatic carbocycles. The van der Waals surface area contributed by atoms with Crippen LogP contribution in [0.3, 0.4) is 0 Å². The summed E-state index contributed by atoms with van der Waals surface area (Å²) in [4.78, 5) is 7.39. The number of aryl methyl sites for hydroxylation is 3. The highest BCUT2D eigenvalue weighted by molar-refractivity contribution is 7.89. The highest BCUT2D eigenvalue weighted by Gasteiger charge is 2.19. The molecular formula is C14H19N3O2S. The molecule has 0 unspecified atom stereocenters. The van der Waals surface area contributed by atoms with Crippen LogP contribution in [-0.2, 0) is 16.4 Å². The largest absolute Gasteiger partial charge is 0.349 e. The summed E-state index contributed by atoms with van der Waals surface area (Å²) in [6.45, 7) is 5.92.